The number of furan rings is 1. The third-order valence-electron chi connectivity index (χ3n) is 5.28. The summed E-state index contributed by atoms with van der Waals surface area (Å²) in [5, 5.41) is 13.3. The molecule has 0 bridgehead atoms. The van der Waals surface area contributed by atoms with Crippen molar-refractivity contribution in [1.29, 1.82) is 0 Å². The predicted molar refractivity (Wildman–Crippen MR) is 95.1 cm³/mol. The highest BCUT2D eigenvalue weighted by molar-refractivity contribution is 5.83. The van der Waals surface area contributed by atoms with Gasteiger partial charge in [-0.15, -0.1) is 0 Å². The zero-order valence-electron chi connectivity index (χ0n) is 14.9. The van der Waals surface area contributed by atoms with E-state index in [1.54, 1.807) is 0 Å². The number of para-hydroxylation sites is 1. The van der Waals surface area contributed by atoms with Crippen molar-refractivity contribution in [3.05, 3.63) is 35.6 Å². The Morgan fingerprint density at radius 1 is 1.20 bits per heavy atom. The van der Waals surface area contributed by atoms with Crippen LogP contribution in [0.25, 0.3) is 11.0 Å². The van der Waals surface area contributed by atoms with E-state index in [1.165, 1.54) is 0 Å². The van der Waals surface area contributed by atoms with Crippen LogP contribution in [0.1, 0.15) is 50.5 Å². The normalized spacial score (nSPS) is 21.6. The third-order valence-corrected chi connectivity index (χ3v) is 5.28. The van der Waals surface area contributed by atoms with E-state index in [0.717, 1.165) is 22.3 Å². The highest BCUT2D eigenvalue weighted by Gasteiger charge is 2.35. The monoisotopic (exact) mass is 343 g/mol. The maximum atomic E-state index is 12.7. The second-order valence-electron chi connectivity index (χ2n) is 7.36. The van der Waals surface area contributed by atoms with Crippen molar-refractivity contribution in [2.45, 2.75) is 46.1 Å². The van der Waals surface area contributed by atoms with Crippen LogP contribution in [0, 0.1) is 24.7 Å². The van der Waals surface area contributed by atoms with Crippen LogP contribution in [0.15, 0.2) is 28.7 Å². The Bertz CT molecular complexity index is 792. The van der Waals surface area contributed by atoms with Gasteiger partial charge in [0.15, 0.2) is 0 Å². The number of benzene rings is 1. The summed E-state index contributed by atoms with van der Waals surface area (Å²) in [6.45, 7) is 6.11. The number of amides is 1. The van der Waals surface area contributed by atoms with Gasteiger partial charge in [-0.1, -0.05) is 32.0 Å². The molecule has 3 rings (SSSR count). The quantitative estimate of drug-likeness (QED) is 0.858. The van der Waals surface area contributed by atoms with E-state index >= 15 is 0 Å². The number of fused-ring (bicyclic) bond motifs is 1. The lowest BCUT2D eigenvalue weighted by molar-refractivity contribution is -0.141. The molecule has 134 valence electrons. The molecule has 0 saturated heterocycles. The summed E-state index contributed by atoms with van der Waals surface area (Å²) in [6.07, 6.45) is 1.63. The van der Waals surface area contributed by atoms with Crippen LogP contribution in [-0.4, -0.2) is 17.0 Å². The van der Waals surface area contributed by atoms with Gasteiger partial charge < -0.3 is 14.8 Å². The average molecular weight is 343 g/mol. The molecule has 1 aliphatic rings. The first-order valence-electron chi connectivity index (χ1n) is 8.89. The molecule has 1 aromatic heterocycles. The molecule has 0 radical (unpaired) electrons. The fourth-order valence-corrected chi connectivity index (χ4v) is 3.74. The van der Waals surface area contributed by atoms with E-state index in [-0.39, 0.29) is 23.8 Å². The first-order chi connectivity index (χ1) is 11.9. The van der Waals surface area contributed by atoms with Crippen molar-refractivity contribution >= 4 is 22.8 Å². The van der Waals surface area contributed by atoms with Crippen molar-refractivity contribution in [2.24, 2.45) is 17.8 Å². The Labute approximate surface area is 147 Å². The standard InChI is InChI=1S/C20H25NO4/c1-11(2)17(18-12(3)15-6-4-5-7-16(15)25-18)21-19(22)13-8-9-14(10-13)20(23)24/h4-7,11,13-14,17H,8-10H2,1-3H3,(H,21,22)(H,23,24)/t13-,14+,17?/m1/s1. The van der Waals surface area contributed by atoms with Gasteiger partial charge in [0.1, 0.15) is 11.3 Å². The summed E-state index contributed by atoms with van der Waals surface area (Å²) in [6, 6.07) is 7.64. The SMILES string of the molecule is Cc1c(C(NC(=O)[C@@H]2CC[C@H](C(=O)O)C2)C(C)C)oc2ccccc12. The molecule has 2 N–H and O–H groups in total. The van der Waals surface area contributed by atoms with E-state index in [1.807, 2.05) is 45.0 Å². The van der Waals surface area contributed by atoms with E-state index < -0.39 is 11.9 Å². The molecule has 1 saturated carbocycles. The molecule has 1 amide bonds. The summed E-state index contributed by atoms with van der Waals surface area (Å²) in [7, 11) is 0. The number of hydrogen-bond donors (Lipinski definition) is 2. The first kappa shape index (κ1) is 17.5. The second-order valence-corrected chi connectivity index (χ2v) is 7.36. The van der Waals surface area contributed by atoms with Gasteiger partial charge in [0.05, 0.1) is 12.0 Å². The van der Waals surface area contributed by atoms with Crippen LogP contribution in [0.2, 0.25) is 0 Å². The molecule has 25 heavy (non-hydrogen) atoms. The van der Waals surface area contributed by atoms with Crippen LogP contribution in [0.5, 0.6) is 0 Å². The Hall–Kier alpha value is -2.30. The fraction of sp³-hybridized carbons (Fsp3) is 0.500. The van der Waals surface area contributed by atoms with E-state index in [2.05, 4.69) is 5.32 Å². The van der Waals surface area contributed by atoms with Gasteiger partial charge in [-0.25, -0.2) is 0 Å². The van der Waals surface area contributed by atoms with Crippen LogP contribution >= 0.6 is 0 Å². The second kappa shape index (κ2) is 6.90. The number of carboxylic acids is 1. The van der Waals surface area contributed by atoms with Gasteiger partial charge in [-0.3, -0.25) is 9.59 Å². The summed E-state index contributed by atoms with van der Waals surface area (Å²) in [4.78, 5) is 23.8. The van der Waals surface area contributed by atoms with Gasteiger partial charge in [-0.2, -0.15) is 0 Å². The lowest BCUT2D eigenvalue weighted by Crippen LogP contribution is -2.35. The largest absolute Gasteiger partial charge is 0.481 e. The molecule has 1 unspecified atom stereocenters. The Balaban J connectivity index is 1.81. The number of aliphatic carboxylic acids is 1. The lowest BCUT2D eigenvalue weighted by Gasteiger charge is -2.23. The zero-order valence-corrected chi connectivity index (χ0v) is 14.9. The van der Waals surface area contributed by atoms with Crippen LogP contribution < -0.4 is 5.32 Å². The van der Waals surface area contributed by atoms with Crippen molar-refractivity contribution in [3.63, 3.8) is 0 Å². The van der Waals surface area contributed by atoms with Crippen molar-refractivity contribution in [3.8, 4) is 0 Å². The fourth-order valence-electron chi connectivity index (χ4n) is 3.74. The Morgan fingerprint density at radius 2 is 1.88 bits per heavy atom. The highest BCUT2D eigenvalue weighted by Crippen LogP contribution is 2.35. The number of carbonyl (C=O) groups is 2. The average Bonchev–Trinajstić information content (AvgIpc) is 3.18. The molecule has 0 spiro atoms. The minimum Gasteiger partial charge on any atom is -0.481 e. The summed E-state index contributed by atoms with van der Waals surface area (Å²) in [5.74, 6) is -0.545. The lowest BCUT2D eigenvalue weighted by atomic mass is 9.96. The highest BCUT2D eigenvalue weighted by atomic mass is 16.4. The number of hydrogen-bond acceptors (Lipinski definition) is 3. The molecule has 1 aromatic carbocycles. The Morgan fingerprint density at radius 3 is 2.48 bits per heavy atom. The first-order valence-corrected chi connectivity index (χ1v) is 8.89. The van der Waals surface area contributed by atoms with Gasteiger partial charge in [-0.05, 0) is 38.2 Å². The van der Waals surface area contributed by atoms with Gasteiger partial charge in [0.25, 0.3) is 0 Å². The molecule has 3 atom stereocenters. The summed E-state index contributed by atoms with van der Waals surface area (Å²) < 4.78 is 6.04. The summed E-state index contributed by atoms with van der Waals surface area (Å²) in [5.41, 5.74) is 1.87. The van der Waals surface area contributed by atoms with Crippen LogP contribution in [-0.2, 0) is 9.59 Å². The molecule has 0 aliphatic heterocycles. The van der Waals surface area contributed by atoms with Crippen LogP contribution in [0.3, 0.4) is 0 Å². The topological polar surface area (TPSA) is 79.5 Å². The number of rotatable bonds is 5. The minimum atomic E-state index is -0.802. The van der Waals surface area contributed by atoms with Crippen molar-refractivity contribution in [2.75, 3.05) is 0 Å². The maximum Gasteiger partial charge on any atom is 0.306 e. The smallest absolute Gasteiger partial charge is 0.306 e. The number of carboxylic acid groups (broad SMARTS) is 1. The minimum absolute atomic E-state index is 0.0673. The number of carbonyl (C=O) groups excluding carboxylic acids is 1. The molecule has 1 aliphatic carbocycles. The molecule has 1 fully saturated rings. The van der Waals surface area contributed by atoms with Gasteiger partial charge in [0.2, 0.25) is 5.91 Å². The molecule has 2 aromatic rings. The molecule has 1 heterocycles. The number of aryl methyl sites for hydroxylation is 1. The van der Waals surface area contributed by atoms with E-state index in [0.29, 0.717) is 19.3 Å². The van der Waals surface area contributed by atoms with E-state index in [4.69, 9.17) is 9.52 Å². The predicted octanol–water partition coefficient (Wildman–Crippen LogP) is 4.06. The maximum absolute atomic E-state index is 12.7. The van der Waals surface area contributed by atoms with Gasteiger partial charge >= 0.3 is 5.97 Å². The summed E-state index contributed by atoms with van der Waals surface area (Å²) >= 11 is 0. The van der Waals surface area contributed by atoms with Crippen molar-refractivity contribution < 1.29 is 19.1 Å². The van der Waals surface area contributed by atoms with Crippen molar-refractivity contribution in [1.82, 2.24) is 5.32 Å². The molecular formula is C20H25NO4. The molecule has 5 heteroatoms. The molecular weight excluding hydrogens is 318 g/mol. The Kier molecular flexibility index (Phi) is 4.84. The van der Waals surface area contributed by atoms with Crippen LogP contribution in [0.4, 0.5) is 0 Å². The number of nitrogens with one attached hydrogen (secondary N) is 1. The molecule has 5 nitrogen and oxygen atoms in total. The third kappa shape index (κ3) is 3.41. The van der Waals surface area contributed by atoms with Gasteiger partial charge in [0, 0.05) is 16.9 Å². The zero-order chi connectivity index (χ0) is 18.1. The van der Waals surface area contributed by atoms with E-state index in [9.17, 15) is 9.59 Å².